The Morgan fingerprint density at radius 1 is 1.17 bits per heavy atom. The highest BCUT2D eigenvalue weighted by molar-refractivity contribution is 5.81. The Labute approximate surface area is 141 Å². The fourth-order valence-corrected chi connectivity index (χ4v) is 1.44. The zero-order valence-electron chi connectivity index (χ0n) is 14.7. The fourth-order valence-electron chi connectivity index (χ4n) is 1.44. The zero-order valence-corrected chi connectivity index (χ0v) is 14.7. The van der Waals surface area contributed by atoms with Crippen molar-refractivity contribution in [1.82, 2.24) is 5.32 Å². The largest absolute Gasteiger partial charge is 0.481 e. The lowest BCUT2D eigenvalue weighted by atomic mass is 9.87. The lowest BCUT2D eigenvalue weighted by Gasteiger charge is -2.26. The molecule has 0 saturated heterocycles. The summed E-state index contributed by atoms with van der Waals surface area (Å²) in [6, 6.07) is -0.690. The number of aliphatic hydroxyl groups excluding tert-OH is 2. The van der Waals surface area contributed by atoms with E-state index >= 15 is 0 Å². The molecule has 0 radical (unpaired) electrons. The molecule has 0 aliphatic carbocycles. The number of carbonyl (C=O) groups is 3. The molecule has 0 aromatic carbocycles. The third-order valence-electron chi connectivity index (χ3n) is 3.08. The van der Waals surface area contributed by atoms with Crippen LogP contribution in [-0.4, -0.2) is 63.6 Å². The van der Waals surface area contributed by atoms with Crippen molar-refractivity contribution in [2.24, 2.45) is 17.1 Å². The molecule has 0 aromatic heterocycles. The molecule has 0 bridgehead atoms. The molecule has 0 heterocycles. The van der Waals surface area contributed by atoms with E-state index in [1.165, 1.54) is 13.8 Å². The first-order valence-corrected chi connectivity index (χ1v) is 7.62. The predicted molar refractivity (Wildman–Crippen MR) is 87.2 cm³/mol. The van der Waals surface area contributed by atoms with Gasteiger partial charge in [0, 0.05) is 12.0 Å². The van der Waals surface area contributed by atoms with Gasteiger partial charge in [0.15, 0.2) is 0 Å². The summed E-state index contributed by atoms with van der Waals surface area (Å²) in [7, 11) is 0. The van der Waals surface area contributed by atoms with Crippen molar-refractivity contribution < 1.29 is 34.8 Å². The number of aliphatic hydroxyl groups is 2. The summed E-state index contributed by atoms with van der Waals surface area (Å²) >= 11 is 0. The van der Waals surface area contributed by atoms with Gasteiger partial charge in [0.2, 0.25) is 5.91 Å². The fraction of sp³-hybridized carbons (Fsp3) is 0.800. The van der Waals surface area contributed by atoms with E-state index in [1.807, 2.05) is 13.8 Å². The second-order valence-electron chi connectivity index (χ2n) is 6.56. The SMILES string of the molecule is CC(C)(CO)C(O)C(=O)NCCC(=O)O.CC(C)CC(N)C(=O)O. The number of nitrogens with two attached hydrogens (primary N) is 1. The van der Waals surface area contributed by atoms with E-state index in [0.29, 0.717) is 12.3 Å². The number of nitrogens with one attached hydrogen (secondary N) is 1. The van der Waals surface area contributed by atoms with Crippen LogP contribution in [-0.2, 0) is 14.4 Å². The highest BCUT2D eigenvalue weighted by Gasteiger charge is 2.32. The molecular weight excluding hydrogens is 320 g/mol. The molecule has 0 rings (SSSR count). The molecule has 0 aromatic rings. The molecule has 2 unspecified atom stereocenters. The van der Waals surface area contributed by atoms with E-state index in [9.17, 15) is 19.5 Å². The molecule has 1 amide bonds. The first kappa shape index (κ1) is 24.5. The van der Waals surface area contributed by atoms with E-state index in [0.717, 1.165) is 0 Å². The van der Waals surface area contributed by atoms with Crippen LogP contribution in [0.15, 0.2) is 0 Å². The number of aliphatic carboxylic acids is 2. The summed E-state index contributed by atoms with van der Waals surface area (Å²) < 4.78 is 0. The van der Waals surface area contributed by atoms with Gasteiger partial charge in [-0.3, -0.25) is 14.4 Å². The molecule has 0 spiro atoms. The summed E-state index contributed by atoms with van der Waals surface area (Å²) in [5.41, 5.74) is 4.28. The summed E-state index contributed by atoms with van der Waals surface area (Å²) in [6.07, 6.45) is -0.996. The van der Waals surface area contributed by atoms with Crippen LogP contribution in [0.4, 0.5) is 0 Å². The summed E-state index contributed by atoms with van der Waals surface area (Å²) in [5, 5.41) is 37.3. The van der Waals surface area contributed by atoms with Crippen molar-refractivity contribution in [2.45, 2.75) is 52.7 Å². The molecule has 0 aliphatic heterocycles. The van der Waals surface area contributed by atoms with Crippen LogP contribution in [0.2, 0.25) is 0 Å². The van der Waals surface area contributed by atoms with Crippen LogP contribution in [0.1, 0.15) is 40.5 Å². The van der Waals surface area contributed by atoms with Crippen molar-refractivity contribution in [3.63, 3.8) is 0 Å². The maximum Gasteiger partial charge on any atom is 0.320 e. The van der Waals surface area contributed by atoms with Crippen LogP contribution in [0.3, 0.4) is 0 Å². The van der Waals surface area contributed by atoms with Gasteiger partial charge in [-0.2, -0.15) is 0 Å². The van der Waals surface area contributed by atoms with E-state index in [1.54, 1.807) is 0 Å². The maximum atomic E-state index is 11.3. The van der Waals surface area contributed by atoms with E-state index in [2.05, 4.69) is 5.32 Å². The summed E-state index contributed by atoms with van der Waals surface area (Å²) in [6.45, 7) is 6.60. The lowest BCUT2D eigenvalue weighted by molar-refractivity contribution is -0.140. The van der Waals surface area contributed by atoms with Crippen molar-refractivity contribution in [2.75, 3.05) is 13.2 Å². The van der Waals surface area contributed by atoms with Crippen molar-refractivity contribution in [3.8, 4) is 0 Å². The van der Waals surface area contributed by atoms with Gasteiger partial charge in [-0.1, -0.05) is 27.7 Å². The minimum absolute atomic E-state index is 0.0350. The van der Waals surface area contributed by atoms with Crippen LogP contribution in [0.25, 0.3) is 0 Å². The second kappa shape index (κ2) is 11.8. The highest BCUT2D eigenvalue weighted by atomic mass is 16.4. The average Bonchev–Trinajstić information content (AvgIpc) is 2.45. The van der Waals surface area contributed by atoms with Gasteiger partial charge in [0.1, 0.15) is 12.1 Å². The van der Waals surface area contributed by atoms with Gasteiger partial charge in [-0.05, 0) is 12.3 Å². The Morgan fingerprint density at radius 3 is 1.96 bits per heavy atom. The quantitative estimate of drug-likeness (QED) is 0.320. The molecule has 0 saturated carbocycles. The molecule has 24 heavy (non-hydrogen) atoms. The maximum absolute atomic E-state index is 11.3. The highest BCUT2D eigenvalue weighted by Crippen LogP contribution is 2.19. The first-order valence-electron chi connectivity index (χ1n) is 7.62. The van der Waals surface area contributed by atoms with Gasteiger partial charge >= 0.3 is 11.9 Å². The van der Waals surface area contributed by atoms with Crippen LogP contribution in [0, 0.1) is 11.3 Å². The number of amides is 1. The smallest absolute Gasteiger partial charge is 0.320 e. The Balaban J connectivity index is 0. The Bertz CT molecular complexity index is 411. The van der Waals surface area contributed by atoms with Gasteiger partial charge in [0.05, 0.1) is 13.0 Å². The molecule has 142 valence electrons. The molecule has 9 heteroatoms. The number of carboxylic acids is 2. The van der Waals surface area contributed by atoms with Gasteiger partial charge in [-0.25, -0.2) is 0 Å². The molecule has 7 N–H and O–H groups in total. The van der Waals surface area contributed by atoms with Crippen molar-refractivity contribution in [1.29, 1.82) is 0 Å². The number of hydrogen-bond donors (Lipinski definition) is 6. The topological polar surface area (TPSA) is 170 Å². The number of rotatable bonds is 9. The third-order valence-corrected chi connectivity index (χ3v) is 3.08. The number of carboxylic acid groups (broad SMARTS) is 2. The van der Waals surface area contributed by atoms with Crippen molar-refractivity contribution >= 4 is 17.8 Å². The van der Waals surface area contributed by atoms with Gasteiger partial charge < -0.3 is 31.5 Å². The molecule has 9 nitrogen and oxygen atoms in total. The van der Waals surface area contributed by atoms with E-state index in [4.69, 9.17) is 21.1 Å². The Morgan fingerprint density at radius 2 is 1.67 bits per heavy atom. The standard InChI is InChI=1S/C9H17NO5.C6H13NO2/c1-9(2,5-11)7(14)8(15)10-4-3-6(12)13;1-4(2)3-5(7)6(8)9/h7,11,14H,3-5H2,1-2H3,(H,10,15)(H,12,13);4-5H,3,7H2,1-2H3,(H,8,9). The van der Waals surface area contributed by atoms with E-state index < -0.39 is 35.4 Å². The van der Waals surface area contributed by atoms with Crippen LogP contribution < -0.4 is 11.1 Å². The second-order valence-corrected chi connectivity index (χ2v) is 6.56. The Hall–Kier alpha value is -1.71. The molecular formula is C15H30N2O7. The minimum Gasteiger partial charge on any atom is -0.481 e. The van der Waals surface area contributed by atoms with Crippen LogP contribution >= 0.6 is 0 Å². The monoisotopic (exact) mass is 350 g/mol. The first-order chi connectivity index (χ1) is 10.8. The van der Waals surface area contributed by atoms with Gasteiger partial charge in [-0.15, -0.1) is 0 Å². The van der Waals surface area contributed by atoms with Crippen LogP contribution in [0.5, 0.6) is 0 Å². The predicted octanol–water partition coefficient (Wildman–Crippen LogP) is -0.599. The molecule has 0 fully saturated rings. The minimum atomic E-state index is -1.35. The lowest BCUT2D eigenvalue weighted by Crippen LogP contribution is -2.45. The number of carbonyl (C=O) groups excluding carboxylic acids is 1. The molecule has 0 aliphatic rings. The van der Waals surface area contributed by atoms with Gasteiger partial charge in [0.25, 0.3) is 0 Å². The third kappa shape index (κ3) is 11.8. The average molecular weight is 350 g/mol. The number of hydrogen-bond acceptors (Lipinski definition) is 6. The van der Waals surface area contributed by atoms with Crippen molar-refractivity contribution in [3.05, 3.63) is 0 Å². The molecule has 2 atom stereocenters. The van der Waals surface area contributed by atoms with E-state index in [-0.39, 0.29) is 19.6 Å². The summed E-state index contributed by atoms with van der Waals surface area (Å²) in [4.78, 5) is 31.5. The Kier molecular flexibility index (Phi) is 12.0. The summed E-state index contributed by atoms with van der Waals surface area (Å²) in [5.74, 6) is -2.25. The normalized spacial score (nSPS) is 13.5. The zero-order chi connectivity index (χ0) is 19.5.